The summed E-state index contributed by atoms with van der Waals surface area (Å²) in [6.07, 6.45) is 9.51. The number of nitriles is 1. The van der Waals surface area contributed by atoms with Crippen molar-refractivity contribution in [3.8, 4) is 6.07 Å². The van der Waals surface area contributed by atoms with E-state index in [1.54, 1.807) is 6.20 Å². The predicted octanol–water partition coefficient (Wildman–Crippen LogP) is 2.15. The van der Waals surface area contributed by atoms with Gasteiger partial charge in [-0.05, 0) is 25.3 Å². The topological polar surface area (TPSA) is 48.7 Å². The van der Waals surface area contributed by atoms with Crippen LogP contribution in [0.1, 0.15) is 30.5 Å². The van der Waals surface area contributed by atoms with Crippen LogP contribution in [0.15, 0.2) is 30.5 Å². The fourth-order valence-corrected chi connectivity index (χ4v) is 1.92. The van der Waals surface area contributed by atoms with E-state index in [2.05, 4.69) is 28.5 Å². The fraction of sp³-hybridized carbons (Fsp3) is 0.385. The second kappa shape index (κ2) is 5.43. The lowest BCUT2D eigenvalue weighted by Crippen LogP contribution is -2.29. The summed E-state index contributed by atoms with van der Waals surface area (Å²) in [6.45, 7) is 0.731. The third-order valence-electron chi connectivity index (χ3n) is 2.85. The molecule has 82 valence electrons. The Balaban J connectivity index is 1.94. The molecule has 0 aromatic carbocycles. The molecule has 0 spiro atoms. The summed E-state index contributed by atoms with van der Waals surface area (Å²) in [5.41, 5.74) is 1.51. The van der Waals surface area contributed by atoms with Gasteiger partial charge in [0.1, 0.15) is 11.8 Å². The normalized spacial score (nSPS) is 19.3. The maximum atomic E-state index is 8.90. The number of nitrogens with one attached hydrogen (secondary N) is 1. The van der Waals surface area contributed by atoms with Crippen LogP contribution in [0, 0.1) is 11.3 Å². The molecule has 1 unspecified atom stereocenters. The van der Waals surface area contributed by atoms with Crippen molar-refractivity contribution in [2.45, 2.75) is 31.8 Å². The van der Waals surface area contributed by atoms with Gasteiger partial charge in [-0.15, -0.1) is 0 Å². The van der Waals surface area contributed by atoms with Crippen molar-refractivity contribution >= 4 is 0 Å². The summed E-state index contributed by atoms with van der Waals surface area (Å²) < 4.78 is 0. The lowest BCUT2D eigenvalue weighted by Gasteiger charge is -2.19. The summed E-state index contributed by atoms with van der Waals surface area (Å²) in [7, 11) is 0. The SMILES string of the molecule is N#Cc1ncccc1CNC1CC=CCC1. The van der Waals surface area contributed by atoms with Crippen molar-refractivity contribution in [3.63, 3.8) is 0 Å². The smallest absolute Gasteiger partial charge is 0.144 e. The maximum absolute atomic E-state index is 8.90. The molecule has 1 heterocycles. The molecule has 0 amide bonds. The second-order valence-corrected chi connectivity index (χ2v) is 3.99. The summed E-state index contributed by atoms with van der Waals surface area (Å²) in [4.78, 5) is 4.05. The Morgan fingerprint density at radius 1 is 1.50 bits per heavy atom. The Hall–Kier alpha value is -1.66. The average molecular weight is 213 g/mol. The highest BCUT2D eigenvalue weighted by Gasteiger charge is 2.10. The van der Waals surface area contributed by atoms with E-state index >= 15 is 0 Å². The molecule has 3 heteroatoms. The number of hydrogen-bond acceptors (Lipinski definition) is 3. The van der Waals surface area contributed by atoms with E-state index in [-0.39, 0.29) is 0 Å². The molecule has 1 aromatic rings. The first-order valence-corrected chi connectivity index (χ1v) is 5.62. The lowest BCUT2D eigenvalue weighted by molar-refractivity contribution is 0.474. The minimum absolute atomic E-state index is 0.529. The molecule has 0 saturated heterocycles. The molecule has 3 nitrogen and oxygen atoms in total. The zero-order chi connectivity index (χ0) is 11.2. The van der Waals surface area contributed by atoms with Crippen LogP contribution in [0.2, 0.25) is 0 Å². The molecule has 1 N–H and O–H groups in total. The first kappa shape index (κ1) is 10.8. The van der Waals surface area contributed by atoms with Crippen molar-refractivity contribution in [2.75, 3.05) is 0 Å². The van der Waals surface area contributed by atoms with Gasteiger partial charge in [0.15, 0.2) is 0 Å². The van der Waals surface area contributed by atoms with E-state index < -0.39 is 0 Å². The van der Waals surface area contributed by atoms with Gasteiger partial charge in [0.2, 0.25) is 0 Å². The molecular weight excluding hydrogens is 198 g/mol. The molecule has 2 rings (SSSR count). The molecule has 0 aliphatic heterocycles. The first-order chi connectivity index (χ1) is 7.90. The number of pyridine rings is 1. The Morgan fingerprint density at radius 2 is 2.44 bits per heavy atom. The predicted molar refractivity (Wildman–Crippen MR) is 62.6 cm³/mol. The summed E-state index contributed by atoms with van der Waals surface area (Å²) in [5, 5.41) is 12.4. The molecule has 0 saturated carbocycles. The quantitative estimate of drug-likeness (QED) is 0.783. The van der Waals surface area contributed by atoms with E-state index in [1.807, 2.05) is 12.1 Å². The third kappa shape index (κ3) is 2.68. The van der Waals surface area contributed by atoms with Crippen LogP contribution in [0.4, 0.5) is 0 Å². The van der Waals surface area contributed by atoms with Gasteiger partial charge in [-0.2, -0.15) is 5.26 Å². The molecule has 16 heavy (non-hydrogen) atoms. The number of aromatic nitrogens is 1. The molecule has 1 atom stereocenters. The molecule has 1 aromatic heterocycles. The van der Waals surface area contributed by atoms with Gasteiger partial charge < -0.3 is 5.32 Å². The average Bonchev–Trinajstić information content (AvgIpc) is 2.38. The van der Waals surface area contributed by atoms with Gasteiger partial charge in [-0.1, -0.05) is 18.2 Å². The Bertz CT molecular complexity index is 417. The molecule has 1 aliphatic carbocycles. The van der Waals surface area contributed by atoms with Crippen LogP contribution < -0.4 is 5.32 Å². The van der Waals surface area contributed by atoms with Crippen LogP contribution >= 0.6 is 0 Å². The third-order valence-corrected chi connectivity index (χ3v) is 2.85. The first-order valence-electron chi connectivity index (χ1n) is 5.62. The van der Waals surface area contributed by atoms with Crippen LogP contribution in [-0.4, -0.2) is 11.0 Å². The number of hydrogen-bond donors (Lipinski definition) is 1. The van der Waals surface area contributed by atoms with Crippen molar-refractivity contribution in [3.05, 3.63) is 41.7 Å². The highest BCUT2D eigenvalue weighted by atomic mass is 14.9. The maximum Gasteiger partial charge on any atom is 0.144 e. The summed E-state index contributed by atoms with van der Waals surface area (Å²) in [6, 6.07) is 6.49. The molecule has 0 radical (unpaired) electrons. The molecule has 1 aliphatic rings. The van der Waals surface area contributed by atoms with E-state index in [9.17, 15) is 0 Å². The van der Waals surface area contributed by atoms with Crippen LogP contribution in [0.25, 0.3) is 0 Å². The van der Waals surface area contributed by atoms with Crippen LogP contribution in [0.3, 0.4) is 0 Å². The van der Waals surface area contributed by atoms with Gasteiger partial charge in [-0.25, -0.2) is 4.98 Å². The van der Waals surface area contributed by atoms with Crippen molar-refractivity contribution in [1.82, 2.24) is 10.3 Å². The zero-order valence-electron chi connectivity index (χ0n) is 9.19. The van der Waals surface area contributed by atoms with E-state index in [0.29, 0.717) is 11.7 Å². The highest BCUT2D eigenvalue weighted by Crippen LogP contribution is 2.12. The van der Waals surface area contributed by atoms with E-state index in [1.165, 1.54) is 6.42 Å². The van der Waals surface area contributed by atoms with E-state index in [4.69, 9.17) is 5.26 Å². The molecular formula is C13H15N3. The van der Waals surface area contributed by atoms with Crippen molar-refractivity contribution in [2.24, 2.45) is 0 Å². The minimum Gasteiger partial charge on any atom is -0.309 e. The van der Waals surface area contributed by atoms with Crippen LogP contribution in [0.5, 0.6) is 0 Å². The van der Waals surface area contributed by atoms with Gasteiger partial charge in [0.25, 0.3) is 0 Å². The zero-order valence-corrected chi connectivity index (χ0v) is 9.19. The number of rotatable bonds is 3. The van der Waals surface area contributed by atoms with Gasteiger partial charge in [-0.3, -0.25) is 0 Å². The second-order valence-electron chi connectivity index (χ2n) is 3.99. The Kier molecular flexibility index (Phi) is 3.68. The van der Waals surface area contributed by atoms with Crippen LogP contribution in [-0.2, 0) is 6.54 Å². The van der Waals surface area contributed by atoms with Gasteiger partial charge in [0.05, 0.1) is 0 Å². The fourth-order valence-electron chi connectivity index (χ4n) is 1.92. The number of allylic oxidation sites excluding steroid dienone is 1. The molecule has 0 fully saturated rings. The van der Waals surface area contributed by atoms with Crippen molar-refractivity contribution < 1.29 is 0 Å². The van der Waals surface area contributed by atoms with Gasteiger partial charge >= 0.3 is 0 Å². The Morgan fingerprint density at radius 3 is 3.19 bits per heavy atom. The summed E-state index contributed by atoms with van der Waals surface area (Å²) >= 11 is 0. The minimum atomic E-state index is 0.529. The monoisotopic (exact) mass is 213 g/mol. The highest BCUT2D eigenvalue weighted by molar-refractivity contribution is 5.30. The Labute approximate surface area is 95.8 Å². The van der Waals surface area contributed by atoms with Crippen molar-refractivity contribution in [1.29, 1.82) is 5.26 Å². The van der Waals surface area contributed by atoms with Gasteiger partial charge in [0, 0.05) is 24.3 Å². The number of nitrogens with zero attached hydrogens (tertiary/aromatic N) is 2. The molecule has 0 bridgehead atoms. The lowest BCUT2D eigenvalue weighted by atomic mass is 10.0. The standard InChI is InChI=1S/C13H15N3/c14-9-13-11(5-4-8-15-13)10-16-12-6-2-1-3-7-12/h1-2,4-5,8,12,16H,3,6-7,10H2. The van der Waals surface area contributed by atoms with E-state index in [0.717, 1.165) is 24.9 Å². The largest absolute Gasteiger partial charge is 0.309 e. The summed E-state index contributed by atoms with van der Waals surface area (Å²) in [5.74, 6) is 0.